The van der Waals surface area contributed by atoms with Crippen molar-refractivity contribution in [1.82, 2.24) is 0 Å². The summed E-state index contributed by atoms with van der Waals surface area (Å²) in [6, 6.07) is 0. The summed E-state index contributed by atoms with van der Waals surface area (Å²) in [6.45, 7) is 1.95. The van der Waals surface area contributed by atoms with Crippen LogP contribution in [0.1, 0.15) is 32.6 Å². The Labute approximate surface area is 61.2 Å². The van der Waals surface area contributed by atoms with Crippen molar-refractivity contribution >= 4 is 5.78 Å². The third-order valence-electron chi connectivity index (χ3n) is 2.25. The Morgan fingerprint density at radius 1 is 1.80 bits per heavy atom. The summed E-state index contributed by atoms with van der Waals surface area (Å²) in [5, 5.41) is 9.32. The maximum absolute atomic E-state index is 10.8. The van der Waals surface area contributed by atoms with Gasteiger partial charge in [-0.2, -0.15) is 0 Å². The van der Waals surface area contributed by atoms with Crippen LogP contribution in [0.3, 0.4) is 0 Å². The van der Waals surface area contributed by atoms with E-state index in [1.807, 2.05) is 6.92 Å². The predicted molar refractivity (Wildman–Crippen MR) is 38.6 cm³/mol. The van der Waals surface area contributed by atoms with E-state index in [2.05, 4.69) is 0 Å². The van der Waals surface area contributed by atoms with Gasteiger partial charge in [0.1, 0.15) is 5.78 Å². The van der Waals surface area contributed by atoms with Gasteiger partial charge in [0.05, 0.1) is 6.10 Å². The number of ketones is 1. The normalized spacial score (nSPS) is 29.0. The van der Waals surface area contributed by atoms with Crippen molar-refractivity contribution in [2.24, 2.45) is 5.92 Å². The predicted octanol–water partition coefficient (Wildman–Crippen LogP) is 1.13. The Bertz CT molecular complexity index is 131. The zero-order chi connectivity index (χ0) is 7.56. The molecule has 2 atom stereocenters. The van der Waals surface area contributed by atoms with E-state index in [0.717, 1.165) is 12.8 Å². The van der Waals surface area contributed by atoms with Crippen LogP contribution < -0.4 is 0 Å². The minimum Gasteiger partial charge on any atom is -0.393 e. The molecule has 2 heteroatoms. The van der Waals surface area contributed by atoms with Crippen molar-refractivity contribution in [3.8, 4) is 0 Å². The molecule has 58 valence electrons. The Morgan fingerprint density at radius 3 is 2.90 bits per heavy atom. The van der Waals surface area contributed by atoms with Gasteiger partial charge in [0.2, 0.25) is 0 Å². The molecule has 0 saturated heterocycles. The Balaban J connectivity index is 2.36. The molecule has 0 bridgehead atoms. The number of carbonyl (C=O) groups is 1. The number of hydrogen-bond acceptors (Lipinski definition) is 2. The number of carbonyl (C=O) groups excluding carboxylic acids is 1. The second-order valence-electron chi connectivity index (χ2n) is 3.02. The maximum atomic E-state index is 10.8. The van der Waals surface area contributed by atoms with Gasteiger partial charge in [-0.3, -0.25) is 4.79 Å². The topological polar surface area (TPSA) is 37.3 Å². The Kier molecular flexibility index (Phi) is 2.44. The summed E-state index contributed by atoms with van der Waals surface area (Å²) in [5.41, 5.74) is 0. The first-order chi connectivity index (χ1) is 4.74. The summed E-state index contributed by atoms with van der Waals surface area (Å²) >= 11 is 0. The van der Waals surface area contributed by atoms with Crippen molar-refractivity contribution in [3.63, 3.8) is 0 Å². The fourth-order valence-corrected chi connectivity index (χ4v) is 1.50. The molecular formula is C8H14O2. The van der Waals surface area contributed by atoms with Crippen molar-refractivity contribution in [2.45, 2.75) is 38.7 Å². The van der Waals surface area contributed by atoms with Crippen LogP contribution in [0.5, 0.6) is 0 Å². The van der Waals surface area contributed by atoms with Gasteiger partial charge in [-0.05, 0) is 18.8 Å². The van der Waals surface area contributed by atoms with Crippen LogP contribution in [-0.4, -0.2) is 17.0 Å². The zero-order valence-corrected chi connectivity index (χ0v) is 6.34. The fraction of sp³-hybridized carbons (Fsp3) is 0.875. The van der Waals surface area contributed by atoms with Crippen LogP contribution in [0.2, 0.25) is 0 Å². The molecule has 0 radical (unpaired) electrons. The fourth-order valence-electron chi connectivity index (χ4n) is 1.50. The summed E-state index contributed by atoms with van der Waals surface area (Å²) in [7, 11) is 0. The lowest BCUT2D eigenvalue weighted by Gasteiger charge is -2.13. The minimum atomic E-state index is -0.244. The largest absolute Gasteiger partial charge is 0.393 e. The number of Topliss-reactive ketones (excluding diaryl/α,β-unsaturated/α-hetero) is 1. The molecule has 0 aromatic rings. The quantitative estimate of drug-likeness (QED) is 0.627. The maximum Gasteiger partial charge on any atom is 0.133 e. The first-order valence-corrected chi connectivity index (χ1v) is 3.93. The molecule has 2 unspecified atom stereocenters. The van der Waals surface area contributed by atoms with Crippen LogP contribution in [0.15, 0.2) is 0 Å². The third kappa shape index (κ3) is 1.57. The molecule has 1 aliphatic carbocycles. The van der Waals surface area contributed by atoms with Gasteiger partial charge in [0.15, 0.2) is 0 Å². The van der Waals surface area contributed by atoms with E-state index in [4.69, 9.17) is 0 Å². The molecule has 0 aliphatic heterocycles. The highest BCUT2D eigenvalue weighted by Gasteiger charge is 2.26. The molecule has 1 saturated carbocycles. The van der Waals surface area contributed by atoms with Crippen LogP contribution in [0.4, 0.5) is 0 Å². The van der Waals surface area contributed by atoms with Gasteiger partial charge < -0.3 is 5.11 Å². The SMILES string of the molecule is CCC(O)C1CCC(=O)C1. The molecule has 1 rings (SSSR count). The van der Waals surface area contributed by atoms with Crippen LogP contribution in [0.25, 0.3) is 0 Å². The van der Waals surface area contributed by atoms with Gasteiger partial charge >= 0.3 is 0 Å². The van der Waals surface area contributed by atoms with Crippen LogP contribution in [-0.2, 0) is 4.79 Å². The number of aliphatic hydroxyl groups excluding tert-OH is 1. The molecule has 1 N–H and O–H groups in total. The summed E-state index contributed by atoms with van der Waals surface area (Å²) < 4.78 is 0. The molecule has 0 amide bonds. The summed E-state index contributed by atoms with van der Waals surface area (Å²) in [5.74, 6) is 0.579. The molecule has 0 spiro atoms. The Morgan fingerprint density at radius 2 is 2.50 bits per heavy atom. The van der Waals surface area contributed by atoms with E-state index >= 15 is 0 Å². The lowest BCUT2D eigenvalue weighted by Crippen LogP contribution is -2.16. The number of hydrogen-bond donors (Lipinski definition) is 1. The molecule has 0 heterocycles. The summed E-state index contributed by atoms with van der Waals surface area (Å²) in [4.78, 5) is 10.8. The second-order valence-corrected chi connectivity index (χ2v) is 3.02. The molecule has 2 nitrogen and oxygen atoms in total. The van der Waals surface area contributed by atoms with E-state index < -0.39 is 0 Å². The molecule has 1 fully saturated rings. The molecule has 0 aromatic carbocycles. The monoisotopic (exact) mass is 142 g/mol. The first-order valence-electron chi connectivity index (χ1n) is 3.93. The standard InChI is InChI=1S/C8H14O2/c1-2-8(10)6-3-4-7(9)5-6/h6,8,10H,2-5H2,1H3. The lowest BCUT2D eigenvalue weighted by atomic mass is 9.99. The molecule has 0 aromatic heterocycles. The van der Waals surface area contributed by atoms with Crippen LogP contribution in [0, 0.1) is 5.92 Å². The molecule has 10 heavy (non-hydrogen) atoms. The highest BCUT2D eigenvalue weighted by molar-refractivity contribution is 5.80. The van der Waals surface area contributed by atoms with Gasteiger partial charge in [-0.1, -0.05) is 6.92 Å². The highest BCUT2D eigenvalue weighted by atomic mass is 16.3. The number of rotatable bonds is 2. The first kappa shape index (κ1) is 7.73. The van der Waals surface area contributed by atoms with E-state index in [0.29, 0.717) is 18.6 Å². The van der Waals surface area contributed by atoms with Gasteiger partial charge in [-0.25, -0.2) is 0 Å². The van der Waals surface area contributed by atoms with Gasteiger partial charge in [-0.15, -0.1) is 0 Å². The smallest absolute Gasteiger partial charge is 0.133 e. The van der Waals surface area contributed by atoms with E-state index in [1.165, 1.54) is 0 Å². The van der Waals surface area contributed by atoms with Crippen molar-refractivity contribution < 1.29 is 9.90 Å². The van der Waals surface area contributed by atoms with Crippen molar-refractivity contribution in [2.75, 3.05) is 0 Å². The average molecular weight is 142 g/mol. The molecular weight excluding hydrogens is 128 g/mol. The second kappa shape index (κ2) is 3.15. The Hall–Kier alpha value is -0.370. The molecule has 1 aliphatic rings. The average Bonchev–Trinajstić information content (AvgIpc) is 2.34. The van der Waals surface area contributed by atoms with Crippen LogP contribution >= 0.6 is 0 Å². The zero-order valence-electron chi connectivity index (χ0n) is 6.34. The number of aliphatic hydroxyl groups is 1. The van der Waals surface area contributed by atoms with E-state index in [9.17, 15) is 9.90 Å². The van der Waals surface area contributed by atoms with Gasteiger partial charge in [0.25, 0.3) is 0 Å². The lowest BCUT2D eigenvalue weighted by molar-refractivity contribution is -0.117. The van der Waals surface area contributed by atoms with E-state index in [-0.39, 0.29) is 12.0 Å². The van der Waals surface area contributed by atoms with Crippen molar-refractivity contribution in [1.29, 1.82) is 0 Å². The highest BCUT2D eigenvalue weighted by Crippen LogP contribution is 2.26. The van der Waals surface area contributed by atoms with E-state index in [1.54, 1.807) is 0 Å². The third-order valence-corrected chi connectivity index (χ3v) is 2.25. The van der Waals surface area contributed by atoms with Gasteiger partial charge in [0, 0.05) is 12.8 Å². The minimum absolute atomic E-state index is 0.244. The summed E-state index contributed by atoms with van der Waals surface area (Å²) in [6.07, 6.45) is 2.72. The van der Waals surface area contributed by atoms with Crippen molar-refractivity contribution in [3.05, 3.63) is 0 Å².